The molecule has 0 radical (unpaired) electrons. The van der Waals surface area contributed by atoms with Crippen molar-refractivity contribution in [2.75, 3.05) is 0 Å². The number of aromatic nitrogens is 1. The molecular formula is C16H17NO4. The zero-order chi connectivity index (χ0) is 15.0. The van der Waals surface area contributed by atoms with Crippen molar-refractivity contribution in [2.45, 2.75) is 32.2 Å². The van der Waals surface area contributed by atoms with Gasteiger partial charge in [-0.1, -0.05) is 6.92 Å². The topological polar surface area (TPSA) is 72.4 Å². The molecule has 1 aliphatic rings. The molecule has 1 aliphatic heterocycles. The van der Waals surface area contributed by atoms with E-state index in [2.05, 4.69) is 6.92 Å². The Morgan fingerprint density at radius 2 is 2.10 bits per heavy atom. The summed E-state index contributed by atoms with van der Waals surface area (Å²) in [7, 11) is 0. The second kappa shape index (κ2) is 5.24. The fourth-order valence-corrected chi connectivity index (χ4v) is 2.98. The first-order chi connectivity index (χ1) is 10.1. The highest BCUT2D eigenvalue weighted by molar-refractivity contribution is 6.08. The van der Waals surface area contributed by atoms with Crippen molar-refractivity contribution in [1.29, 1.82) is 0 Å². The van der Waals surface area contributed by atoms with Crippen molar-refractivity contribution in [1.82, 2.24) is 4.57 Å². The molecule has 0 bridgehead atoms. The highest BCUT2D eigenvalue weighted by Crippen LogP contribution is 2.31. The van der Waals surface area contributed by atoms with Crippen LogP contribution in [0.5, 0.6) is 0 Å². The predicted molar refractivity (Wildman–Crippen MR) is 75.3 cm³/mol. The third kappa shape index (κ3) is 2.39. The van der Waals surface area contributed by atoms with Gasteiger partial charge >= 0.3 is 5.97 Å². The van der Waals surface area contributed by atoms with Crippen LogP contribution in [-0.4, -0.2) is 21.4 Å². The molecule has 3 rings (SSSR count). The van der Waals surface area contributed by atoms with Crippen LogP contribution >= 0.6 is 0 Å². The molecule has 3 heterocycles. The van der Waals surface area contributed by atoms with E-state index < -0.39 is 11.9 Å². The third-order valence-electron chi connectivity index (χ3n) is 4.13. The van der Waals surface area contributed by atoms with Crippen LogP contribution in [0.25, 0.3) is 0 Å². The Morgan fingerprint density at radius 3 is 2.76 bits per heavy atom. The minimum absolute atomic E-state index is 0.131. The van der Waals surface area contributed by atoms with Crippen LogP contribution in [0.1, 0.15) is 47.4 Å². The van der Waals surface area contributed by atoms with E-state index in [4.69, 9.17) is 4.42 Å². The normalized spacial score (nSPS) is 21.6. The number of aliphatic carboxylic acids is 1. The fourth-order valence-electron chi connectivity index (χ4n) is 2.98. The van der Waals surface area contributed by atoms with Gasteiger partial charge in [-0.2, -0.15) is 0 Å². The number of carbonyl (C=O) groups excluding carboxylic acids is 1. The number of carboxylic acid groups (broad SMARTS) is 1. The summed E-state index contributed by atoms with van der Waals surface area (Å²) in [6.07, 6.45) is 4.33. The Kier molecular flexibility index (Phi) is 3.41. The SMILES string of the molecule is CC1CCC(C(=O)O)c2ccc(C(=O)c3ccoc3)n2C1. The van der Waals surface area contributed by atoms with Gasteiger partial charge in [0, 0.05) is 12.2 Å². The number of carbonyl (C=O) groups is 2. The lowest BCUT2D eigenvalue weighted by molar-refractivity contribution is -0.139. The average molecular weight is 287 g/mol. The zero-order valence-corrected chi connectivity index (χ0v) is 11.8. The summed E-state index contributed by atoms with van der Waals surface area (Å²) in [6, 6.07) is 5.11. The van der Waals surface area contributed by atoms with E-state index in [-0.39, 0.29) is 5.78 Å². The Labute approximate surface area is 122 Å². The van der Waals surface area contributed by atoms with E-state index in [1.165, 1.54) is 12.5 Å². The Hall–Kier alpha value is -2.30. The number of hydrogen-bond donors (Lipinski definition) is 1. The Bertz CT molecular complexity index is 669. The summed E-state index contributed by atoms with van der Waals surface area (Å²) in [6.45, 7) is 2.76. The van der Waals surface area contributed by atoms with Crippen LogP contribution in [0.2, 0.25) is 0 Å². The van der Waals surface area contributed by atoms with Gasteiger partial charge in [-0.15, -0.1) is 0 Å². The molecule has 0 saturated heterocycles. The molecule has 0 saturated carbocycles. The van der Waals surface area contributed by atoms with Gasteiger partial charge in [0.05, 0.1) is 23.4 Å². The number of hydrogen-bond acceptors (Lipinski definition) is 3. The van der Waals surface area contributed by atoms with Crippen LogP contribution < -0.4 is 0 Å². The number of fused-ring (bicyclic) bond motifs is 1. The van der Waals surface area contributed by atoms with Crippen LogP contribution in [0, 0.1) is 5.92 Å². The number of carboxylic acids is 1. The molecule has 0 spiro atoms. The molecule has 21 heavy (non-hydrogen) atoms. The van der Waals surface area contributed by atoms with E-state index in [1.807, 2.05) is 4.57 Å². The van der Waals surface area contributed by atoms with Crippen LogP contribution in [0.4, 0.5) is 0 Å². The maximum atomic E-state index is 12.5. The number of ketones is 1. The third-order valence-corrected chi connectivity index (χ3v) is 4.13. The maximum absolute atomic E-state index is 12.5. The average Bonchev–Trinajstić information content (AvgIpc) is 3.06. The summed E-state index contributed by atoms with van der Waals surface area (Å²) in [4.78, 5) is 24.0. The summed E-state index contributed by atoms with van der Waals surface area (Å²) < 4.78 is 6.83. The smallest absolute Gasteiger partial charge is 0.312 e. The zero-order valence-electron chi connectivity index (χ0n) is 11.8. The molecule has 2 aromatic rings. The Morgan fingerprint density at radius 1 is 1.29 bits per heavy atom. The van der Waals surface area contributed by atoms with Crippen molar-refractivity contribution in [3.63, 3.8) is 0 Å². The molecule has 5 nitrogen and oxygen atoms in total. The van der Waals surface area contributed by atoms with Gasteiger partial charge in [-0.3, -0.25) is 9.59 Å². The highest BCUT2D eigenvalue weighted by atomic mass is 16.4. The standard InChI is InChI=1S/C16H17NO4/c1-10-2-3-12(16(19)20)13-4-5-14(17(13)8-10)15(18)11-6-7-21-9-11/h4-7,9-10,12H,2-3,8H2,1H3,(H,19,20). The lowest BCUT2D eigenvalue weighted by atomic mass is 9.97. The number of furan rings is 1. The highest BCUT2D eigenvalue weighted by Gasteiger charge is 2.30. The first kappa shape index (κ1) is 13.7. The van der Waals surface area contributed by atoms with Crippen LogP contribution in [-0.2, 0) is 11.3 Å². The molecule has 2 aromatic heterocycles. The molecule has 0 aliphatic carbocycles. The monoisotopic (exact) mass is 287 g/mol. The van der Waals surface area contributed by atoms with Crippen molar-refractivity contribution >= 4 is 11.8 Å². The molecule has 2 unspecified atom stereocenters. The molecule has 0 aromatic carbocycles. The van der Waals surface area contributed by atoms with Gasteiger partial charge in [0.25, 0.3) is 0 Å². The van der Waals surface area contributed by atoms with E-state index in [9.17, 15) is 14.7 Å². The quantitative estimate of drug-likeness (QED) is 0.881. The van der Waals surface area contributed by atoms with Gasteiger partial charge in [-0.25, -0.2) is 0 Å². The van der Waals surface area contributed by atoms with E-state index in [0.717, 1.165) is 12.1 Å². The van der Waals surface area contributed by atoms with Crippen molar-refractivity contribution in [2.24, 2.45) is 5.92 Å². The lowest BCUT2D eigenvalue weighted by Gasteiger charge is -2.14. The second-order valence-electron chi connectivity index (χ2n) is 5.67. The summed E-state index contributed by atoms with van der Waals surface area (Å²) in [5, 5.41) is 9.41. The van der Waals surface area contributed by atoms with Gasteiger partial charge in [0.2, 0.25) is 5.78 Å². The fraction of sp³-hybridized carbons (Fsp3) is 0.375. The molecule has 5 heteroatoms. The van der Waals surface area contributed by atoms with Crippen molar-refractivity contribution in [3.8, 4) is 0 Å². The number of rotatable bonds is 3. The summed E-state index contributed by atoms with van der Waals surface area (Å²) in [5.41, 5.74) is 1.74. The summed E-state index contributed by atoms with van der Waals surface area (Å²) in [5.74, 6) is -1.16. The van der Waals surface area contributed by atoms with E-state index in [0.29, 0.717) is 30.1 Å². The first-order valence-corrected chi connectivity index (χ1v) is 7.07. The van der Waals surface area contributed by atoms with Crippen molar-refractivity contribution < 1.29 is 19.1 Å². The Balaban J connectivity index is 2.05. The molecule has 110 valence electrons. The van der Waals surface area contributed by atoms with Gasteiger partial charge in [0.15, 0.2) is 0 Å². The van der Waals surface area contributed by atoms with Gasteiger partial charge in [0.1, 0.15) is 6.26 Å². The van der Waals surface area contributed by atoms with Crippen molar-refractivity contribution in [3.05, 3.63) is 47.7 Å². The minimum atomic E-state index is -0.828. The molecule has 0 fully saturated rings. The minimum Gasteiger partial charge on any atom is -0.481 e. The number of nitrogens with zero attached hydrogens (tertiary/aromatic N) is 1. The predicted octanol–water partition coefficient (Wildman–Crippen LogP) is 2.91. The molecule has 0 amide bonds. The van der Waals surface area contributed by atoms with E-state index >= 15 is 0 Å². The van der Waals surface area contributed by atoms with Gasteiger partial charge < -0.3 is 14.1 Å². The molecular weight excluding hydrogens is 270 g/mol. The van der Waals surface area contributed by atoms with Crippen LogP contribution in [0.15, 0.2) is 35.1 Å². The molecule has 1 N–H and O–H groups in total. The first-order valence-electron chi connectivity index (χ1n) is 7.07. The van der Waals surface area contributed by atoms with E-state index in [1.54, 1.807) is 18.2 Å². The lowest BCUT2D eigenvalue weighted by Crippen LogP contribution is -2.17. The maximum Gasteiger partial charge on any atom is 0.312 e. The summed E-state index contributed by atoms with van der Waals surface area (Å²) >= 11 is 0. The van der Waals surface area contributed by atoms with Crippen LogP contribution in [0.3, 0.4) is 0 Å². The second-order valence-corrected chi connectivity index (χ2v) is 5.67. The largest absolute Gasteiger partial charge is 0.481 e. The molecule has 2 atom stereocenters. The van der Waals surface area contributed by atoms with Gasteiger partial charge in [-0.05, 0) is 37.0 Å².